The van der Waals surface area contributed by atoms with E-state index in [0.29, 0.717) is 28.5 Å². The molecule has 2 aromatic carbocycles. The molecule has 0 radical (unpaired) electrons. The topological polar surface area (TPSA) is 78.3 Å². The van der Waals surface area contributed by atoms with E-state index in [1.54, 1.807) is 18.2 Å². The average Bonchev–Trinajstić information content (AvgIpc) is 3.64. The molecule has 2 bridgehead atoms. The van der Waals surface area contributed by atoms with Gasteiger partial charge in [-0.15, -0.1) is 10.2 Å². The van der Waals surface area contributed by atoms with E-state index in [1.807, 2.05) is 4.57 Å². The summed E-state index contributed by atoms with van der Waals surface area (Å²) >= 11 is 1.26. The van der Waals surface area contributed by atoms with Crippen LogP contribution in [0.25, 0.3) is 0 Å². The number of para-hydroxylation sites is 1. The van der Waals surface area contributed by atoms with Gasteiger partial charge >= 0.3 is 6.61 Å². The molecule has 11 heteroatoms. The van der Waals surface area contributed by atoms with Crippen molar-refractivity contribution >= 4 is 23.4 Å². The summed E-state index contributed by atoms with van der Waals surface area (Å²) in [5.41, 5.74) is 0.466. The van der Waals surface area contributed by atoms with Crippen molar-refractivity contribution in [3.05, 3.63) is 60.2 Å². The van der Waals surface area contributed by atoms with Crippen molar-refractivity contribution in [2.24, 2.45) is 17.8 Å². The number of hydrogen-bond donors (Lipinski definition) is 1. The van der Waals surface area contributed by atoms with Gasteiger partial charge < -0.3 is 14.8 Å². The molecule has 1 aromatic heterocycles. The van der Waals surface area contributed by atoms with Crippen LogP contribution in [-0.4, -0.2) is 33.0 Å². The lowest BCUT2D eigenvalue weighted by Crippen LogP contribution is -2.25. The first-order valence-corrected chi connectivity index (χ1v) is 13.6. The van der Waals surface area contributed by atoms with Crippen LogP contribution in [-0.2, 0) is 11.4 Å². The van der Waals surface area contributed by atoms with Gasteiger partial charge in [-0.2, -0.15) is 8.78 Å². The van der Waals surface area contributed by atoms with Crippen LogP contribution in [0.3, 0.4) is 0 Å². The standard InChI is InChI=1S/C27H29F3N4O3S/c1-16(21-13-17-6-7-18(21)12-17)34-24(14-36-23-5-3-2-4-22(23)28)32-33-27(34)38-15-25(35)31-19-8-10-20(11-9-19)37-26(29)30/h2-5,8-11,16-18,21,26H,6-7,12-15H2,1H3,(H,31,35)/t16-,17+,18+,21+/m0/s1. The fraction of sp³-hybridized carbons (Fsp3) is 0.444. The van der Waals surface area contributed by atoms with Crippen molar-refractivity contribution in [3.8, 4) is 11.5 Å². The number of anilines is 1. The molecule has 202 valence electrons. The molecule has 2 saturated carbocycles. The highest BCUT2D eigenvalue weighted by Gasteiger charge is 2.43. The van der Waals surface area contributed by atoms with E-state index in [2.05, 4.69) is 27.2 Å². The average molecular weight is 547 g/mol. The summed E-state index contributed by atoms with van der Waals surface area (Å²) in [4.78, 5) is 12.6. The van der Waals surface area contributed by atoms with Crippen molar-refractivity contribution in [2.75, 3.05) is 11.1 Å². The third-order valence-corrected chi connectivity index (χ3v) is 8.39. The third kappa shape index (κ3) is 6.09. The maximum absolute atomic E-state index is 14.1. The molecule has 4 atom stereocenters. The highest BCUT2D eigenvalue weighted by Crippen LogP contribution is 2.52. The Labute approximate surface area is 223 Å². The summed E-state index contributed by atoms with van der Waals surface area (Å²) in [6, 6.07) is 12.1. The smallest absolute Gasteiger partial charge is 0.387 e. The molecule has 1 N–H and O–H groups in total. The highest BCUT2D eigenvalue weighted by molar-refractivity contribution is 7.99. The van der Waals surface area contributed by atoms with E-state index in [4.69, 9.17) is 4.74 Å². The first kappa shape index (κ1) is 26.4. The Morgan fingerprint density at radius 3 is 2.61 bits per heavy atom. The molecule has 2 fully saturated rings. The van der Waals surface area contributed by atoms with Gasteiger partial charge in [0.05, 0.1) is 5.75 Å². The predicted molar refractivity (Wildman–Crippen MR) is 137 cm³/mol. The van der Waals surface area contributed by atoms with E-state index in [9.17, 15) is 18.0 Å². The zero-order valence-electron chi connectivity index (χ0n) is 20.9. The van der Waals surface area contributed by atoms with Crippen LogP contribution in [0, 0.1) is 23.6 Å². The first-order chi connectivity index (χ1) is 18.4. The maximum atomic E-state index is 14.1. The molecule has 2 aliphatic carbocycles. The number of halogens is 3. The van der Waals surface area contributed by atoms with Crippen LogP contribution in [0.4, 0.5) is 18.9 Å². The fourth-order valence-electron chi connectivity index (χ4n) is 5.74. The molecule has 1 amide bonds. The minimum atomic E-state index is -2.91. The second-order valence-corrected chi connectivity index (χ2v) is 10.7. The Kier molecular flexibility index (Phi) is 8.11. The number of thioether (sulfide) groups is 1. The molecule has 0 saturated heterocycles. The monoisotopic (exact) mass is 546 g/mol. The zero-order valence-corrected chi connectivity index (χ0v) is 21.7. The summed E-state index contributed by atoms with van der Waals surface area (Å²) < 4.78 is 50.9. The lowest BCUT2D eigenvalue weighted by molar-refractivity contribution is -0.113. The summed E-state index contributed by atoms with van der Waals surface area (Å²) in [6.07, 6.45) is 4.93. The van der Waals surface area contributed by atoms with Crippen molar-refractivity contribution < 1.29 is 27.4 Å². The quantitative estimate of drug-likeness (QED) is 0.284. The van der Waals surface area contributed by atoms with Crippen LogP contribution in [0.2, 0.25) is 0 Å². The lowest BCUT2D eigenvalue weighted by atomic mass is 9.84. The summed E-state index contributed by atoms with van der Waals surface area (Å²) in [7, 11) is 0. The van der Waals surface area contributed by atoms with Crippen molar-refractivity contribution in [1.82, 2.24) is 14.8 Å². The van der Waals surface area contributed by atoms with Gasteiger partial charge in [0.2, 0.25) is 5.91 Å². The number of fused-ring (bicyclic) bond motifs is 2. The number of carbonyl (C=O) groups is 1. The van der Waals surface area contributed by atoms with E-state index in [-0.39, 0.29) is 35.8 Å². The number of ether oxygens (including phenoxy) is 2. The SMILES string of the molecule is C[C@@H]([C@H]1C[C@@H]2CC[C@@H]1C2)n1c(COc2ccccc2F)nnc1SCC(=O)Nc1ccc(OC(F)F)cc1. The molecule has 2 aliphatic rings. The van der Waals surface area contributed by atoms with Crippen molar-refractivity contribution in [3.63, 3.8) is 0 Å². The number of hydrogen-bond acceptors (Lipinski definition) is 6. The number of nitrogens with one attached hydrogen (secondary N) is 1. The molecule has 0 unspecified atom stereocenters. The molecule has 0 aliphatic heterocycles. The normalized spacial score (nSPS) is 21.0. The van der Waals surface area contributed by atoms with Gasteiger partial charge in [-0.05, 0) is 80.3 Å². The Morgan fingerprint density at radius 2 is 1.92 bits per heavy atom. The number of amides is 1. The van der Waals surface area contributed by atoms with Gasteiger partial charge in [0, 0.05) is 11.7 Å². The third-order valence-electron chi connectivity index (χ3n) is 7.44. The van der Waals surface area contributed by atoms with Gasteiger partial charge in [-0.3, -0.25) is 9.36 Å². The minimum absolute atomic E-state index is 0.0141. The minimum Gasteiger partial charge on any atom is -0.483 e. The Balaban J connectivity index is 1.27. The first-order valence-electron chi connectivity index (χ1n) is 12.7. The van der Waals surface area contributed by atoms with Crippen molar-refractivity contribution in [2.45, 2.75) is 57.0 Å². The fourth-order valence-corrected chi connectivity index (χ4v) is 6.58. The highest BCUT2D eigenvalue weighted by atomic mass is 32.2. The number of alkyl halides is 2. The Hall–Kier alpha value is -3.21. The van der Waals surface area contributed by atoms with Crippen LogP contribution < -0.4 is 14.8 Å². The molecule has 5 rings (SSSR count). The number of rotatable bonds is 11. The molecular formula is C27H29F3N4O3S. The molecule has 38 heavy (non-hydrogen) atoms. The van der Waals surface area contributed by atoms with Crippen LogP contribution >= 0.6 is 11.8 Å². The molecule has 1 heterocycles. The number of nitrogens with zero attached hydrogens (tertiary/aromatic N) is 3. The van der Waals surface area contributed by atoms with Crippen LogP contribution in [0.15, 0.2) is 53.7 Å². The molecule has 0 spiro atoms. The summed E-state index contributed by atoms with van der Waals surface area (Å²) in [5, 5.41) is 12.1. The largest absolute Gasteiger partial charge is 0.483 e. The van der Waals surface area contributed by atoms with Gasteiger partial charge in [-0.25, -0.2) is 4.39 Å². The number of aromatic nitrogens is 3. The second kappa shape index (κ2) is 11.7. The molecule has 7 nitrogen and oxygen atoms in total. The van der Waals surface area contributed by atoms with Crippen molar-refractivity contribution in [1.29, 1.82) is 0 Å². The predicted octanol–water partition coefficient (Wildman–Crippen LogP) is 6.33. The Morgan fingerprint density at radius 1 is 1.13 bits per heavy atom. The van der Waals surface area contributed by atoms with E-state index in [1.165, 1.54) is 61.4 Å². The molecule has 3 aromatic rings. The van der Waals surface area contributed by atoms with Crippen LogP contribution in [0.5, 0.6) is 11.5 Å². The van der Waals surface area contributed by atoms with E-state index >= 15 is 0 Å². The van der Waals surface area contributed by atoms with Gasteiger partial charge in [0.1, 0.15) is 12.4 Å². The van der Waals surface area contributed by atoms with Gasteiger partial charge in [0.15, 0.2) is 22.5 Å². The van der Waals surface area contributed by atoms with Gasteiger partial charge in [-0.1, -0.05) is 30.3 Å². The Bertz CT molecular complexity index is 1260. The van der Waals surface area contributed by atoms with E-state index < -0.39 is 12.4 Å². The van der Waals surface area contributed by atoms with Gasteiger partial charge in [0.25, 0.3) is 0 Å². The van der Waals surface area contributed by atoms with E-state index in [0.717, 1.165) is 12.3 Å². The lowest BCUT2D eigenvalue weighted by Gasteiger charge is -2.30. The molecular weight excluding hydrogens is 517 g/mol. The number of benzene rings is 2. The second-order valence-electron chi connectivity index (χ2n) is 9.81. The zero-order chi connectivity index (χ0) is 26.6. The number of carbonyl (C=O) groups excluding carboxylic acids is 1. The van der Waals surface area contributed by atoms with Crippen LogP contribution in [0.1, 0.15) is 44.5 Å². The summed E-state index contributed by atoms with van der Waals surface area (Å²) in [6.45, 7) is -0.694. The summed E-state index contributed by atoms with van der Waals surface area (Å²) in [5.74, 6) is 2.01. The maximum Gasteiger partial charge on any atom is 0.387 e.